The molecule has 0 unspecified atom stereocenters. The summed E-state index contributed by atoms with van der Waals surface area (Å²) in [7, 11) is 2.10. The monoisotopic (exact) mass is 282 g/mol. The Balaban J connectivity index is 2.00. The van der Waals surface area contributed by atoms with Gasteiger partial charge in [0.2, 0.25) is 0 Å². The minimum Gasteiger partial charge on any atom is -0.382 e. The lowest BCUT2D eigenvalue weighted by Gasteiger charge is -2.32. The van der Waals surface area contributed by atoms with Crippen LogP contribution in [0, 0.1) is 11.3 Å². The lowest BCUT2D eigenvalue weighted by molar-refractivity contribution is 0.312. The van der Waals surface area contributed by atoms with E-state index in [1.807, 2.05) is 30.3 Å². The number of nitrogen functional groups attached to an aromatic ring is 1. The predicted molar refractivity (Wildman–Crippen MR) is 82.4 cm³/mol. The van der Waals surface area contributed by atoms with Crippen LogP contribution < -0.4 is 10.6 Å². The largest absolute Gasteiger partial charge is 0.382 e. The SMILES string of the molecule is CN1CCN(c2nn(-c3ccccc3)c(N)c2C#N)CC1. The van der Waals surface area contributed by atoms with Crippen molar-refractivity contribution < 1.29 is 0 Å². The number of benzene rings is 1. The number of hydrogen-bond acceptors (Lipinski definition) is 5. The van der Waals surface area contributed by atoms with Gasteiger partial charge in [0.1, 0.15) is 17.5 Å². The third kappa shape index (κ3) is 2.43. The first-order valence-corrected chi connectivity index (χ1v) is 6.98. The fourth-order valence-electron chi connectivity index (χ4n) is 2.53. The molecule has 2 heterocycles. The molecule has 1 aliphatic heterocycles. The summed E-state index contributed by atoms with van der Waals surface area (Å²) >= 11 is 0. The second-order valence-corrected chi connectivity index (χ2v) is 5.23. The number of likely N-dealkylation sites (N-methyl/N-ethyl adjacent to an activating group) is 1. The lowest BCUT2D eigenvalue weighted by atomic mass is 10.2. The van der Waals surface area contributed by atoms with Crippen molar-refractivity contribution in [3.8, 4) is 11.8 Å². The van der Waals surface area contributed by atoms with Crippen LogP contribution in [0.3, 0.4) is 0 Å². The minimum atomic E-state index is 0.401. The molecule has 2 aromatic rings. The Morgan fingerprint density at radius 3 is 2.43 bits per heavy atom. The van der Waals surface area contributed by atoms with E-state index in [0.717, 1.165) is 31.9 Å². The molecule has 21 heavy (non-hydrogen) atoms. The normalized spacial score (nSPS) is 15.9. The van der Waals surface area contributed by atoms with Gasteiger partial charge in [-0.15, -0.1) is 5.10 Å². The second-order valence-electron chi connectivity index (χ2n) is 5.23. The van der Waals surface area contributed by atoms with Crippen molar-refractivity contribution >= 4 is 11.6 Å². The molecule has 1 aromatic heterocycles. The van der Waals surface area contributed by atoms with E-state index in [9.17, 15) is 5.26 Å². The topological polar surface area (TPSA) is 74.1 Å². The van der Waals surface area contributed by atoms with Gasteiger partial charge < -0.3 is 15.5 Å². The number of para-hydroxylation sites is 1. The molecule has 0 radical (unpaired) electrons. The minimum absolute atomic E-state index is 0.401. The van der Waals surface area contributed by atoms with Gasteiger partial charge in [-0.3, -0.25) is 0 Å². The van der Waals surface area contributed by atoms with Crippen LogP contribution >= 0.6 is 0 Å². The molecule has 0 saturated carbocycles. The maximum absolute atomic E-state index is 9.42. The average molecular weight is 282 g/mol. The summed E-state index contributed by atoms with van der Waals surface area (Å²) in [4.78, 5) is 4.40. The zero-order chi connectivity index (χ0) is 14.8. The molecule has 108 valence electrons. The summed E-state index contributed by atoms with van der Waals surface area (Å²) in [6, 6.07) is 11.9. The first kappa shape index (κ1) is 13.5. The summed E-state index contributed by atoms with van der Waals surface area (Å²) in [5.41, 5.74) is 7.45. The summed E-state index contributed by atoms with van der Waals surface area (Å²) in [6.45, 7) is 3.64. The van der Waals surface area contributed by atoms with Crippen LogP contribution in [-0.2, 0) is 0 Å². The Morgan fingerprint density at radius 1 is 1.14 bits per heavy atom. The number of anilines is 2. The number of nitrogens with zero attached hydrogens (tertiary/aromatic N) is 5. The predicted octanol–water partition coefficient (Wildman–Crippen LogP) is 1.08. The van der Waals surface area contributed by atoms with E-state index in [4.69, 9.17) is 5.73 Å². The van der Waals surface area contributed by atoms with Crippen LogP contribution in [0.1, 0.15) is 5.56 Å². The van der Waals surface area contributed by atoms with Crippen LogP contribution in [0.25, 0.3) is 5.69 Å². The third-order valence-electron chi connectivity index (χ3n) is 3.82. The molecule has 0 spiro atoms. The van der Waals surface area contributed by atoms with E-state index in [1.54, 1.807) is 4.68 Å². The third-order valence-corrected chi connectivity index (χ3v) is 3.82. The first-order chi connectivity index (χ1) is 10.2. The molecule has 0 amide bonds. The van der Waals surface area contributed by atoms with Crippen molar-refractivity contribution in [1.82, 2.24) is 14.7 Å². The van der Waals surface area contributed by atoms with Crippen molar-refractivity contribution in [2.45, 2.75) is 0 Å². The number of rotatable bonds is 2. The standard InChI is InChI=1S/C15H18N6/c1-19-7-9-20(10-8-19)15-13(11-16)14(17)21(18-15)12-5-3-2-4-6-12/h2-6H,7-10,17H2,1H3. The van der Waals surface area contributed by atoms with Crippen LogP contribution in [0.15, 0.2) is 30.3 Å². The highest BCUT2D eigenvalue weighted by Crippen LogP contribution is 2.27. The number of nitriles is 1. The molecule has 6 nitrogen and oxygen atoms in total. The van der Waals surface area contributed by atoms with E-state index in [-0.39, 0.29) is 0 Å². The van der Waals surface area contributed by atoms with Crippen molar-refractivity contribution in [1.29, 1.82) is 5.26 Å². The van der Waals surface area contributed by atoms with Crippen LogP contribution in [0.2, 0.25) is 0 Å². The average Bonchev–Trinajstić information content (AvgIpc) is 2.85. The highest BCUT2D eigenvalue weighted by Gasteiger charge is 2.23. The van der Waals surface area contributed by atoms with E-state index in [0.29, 0.717) is 17.2 Å². The van der Waals surface area contributed by atoms with E-state index >= 15 is 0 Å². The van der Waals surface area contributed by atoms with Crippen molar-refractivity contribution in [3.63, 3.8) is 0 Å². The maximum Gasteiger partial charge on any atom is 0.171 e. The van der Waals surface area contributed by atoms with Gasteiger partial charge in [-0.25, -0.2) is 4.68 Å². The molecule has 0 atom stereocenters. The Hall–Kier alpha value is -2.52. The molecule has 0 aliphatic carbocycles. The molecule has 2 N–H and O–H groups in total. The van der Waals surface area contributed by atoms with Gasteiger partial charge in [-0.2, -0.15) is 5.26 Å². The Labute approximate surface area is 124 Å². The Morgan fingerprint density at radius 2 is 1.81 bits per heavy atom. The maximum atomic E-state index is 9.42. The molecule has 1 saturated heterocycles. The van der Waals surface area contributed by atoms with Gasteiger partial charge in [-0.1, -0.05) is 18.2 Å². The molecule has 3 rings (SSSR count). The zero-order valence-corrected chi connectivity index (χ0v) is 12.0. The van der Waals surface area contributed by atoms with Gasteiger partial charge >= 0.3 is 0 Å². The molecule has 0 bridgehead atoms. The van der Waals surface area contributed by atoms with Gasteiger partial charge in [0.05, 0.1) is 5.69 Å². The molecule has 1 fully saturated rings. The number of aromatic nitrogens is 2. The summed E-state index contributed by atoms with van der Waals surface area (Å²) in [5.74, 6) is 1.09. The molecule has 6 heteroatoms. The van der Waals surface area contributed by atoms with Crippen LogP contribution in [0.4, 0.5) is 11.6 Å². The zero-order valence-electron chi connectivity index (χ0n) is 12.0. The molecular weight excluding hydrogens is 264 g/mol. The Kier molecular flexibility index (Phi) is 3.50. The number of hydrogen-bond donors (Lipinski definition) is 1. The fourth-order valence-corrected chi connectivity index (χ4v) is 2.53. The molecular formula is C15H18N6. The van der Waals surface area contributed by atoms with Gasteiger partial charge in [0.25, 0.3) is 0 Å². The van der Waals surface area contributed by atoms with E-state index in [2.05, 4.69) is 28.0 Å². The smallest absolute Gasteiger partial charge is 0.171 e. The first-order valence-electron chi connectivity index (χ1n) is 6.98. The quantitative estimate of drug-likeness (QED) is 0.892. The van der Waals surface area contributed by atoms with E-state index < -0.39 is 0 Å². The summed E-state index contributed by atoms with van der Waals surface area (Å²) in [6.07, 6.45) is 0. The van der Waals surface area contributed by atoms with Crippen molar-refractivity contribution in [3.05, 3.63) is 35.9 Å². The summed E-state index contributed by atoms with van der Waals surface area (Å²) in [5, 5.41) is 14.0. The lowest BCUT2D eigenvalue weighted by Crippen LogP contribution is -2.45. The van der Waals surface area contributed by atoms with Gasteiger partial charge in [0, 0.05) is 26.2 Å². The molecule has 1 aromatic carbocycles. The summed E-state index contributed by atoms with van der Waals surface area (Å²) < 4.78 is 1.65. The van der Waals surface area contributed by atoms with Gasteiger partial charge in [0.15, 0.2) is 5.82 Å². The Bertz CT molecular complexity index is 661. The highest BCUT2D eigenvalue weighted by atomic mass is 15.4. The van der Waals surface area contributed by atoms with Crippen LogP contribution in [0.5, 0.6) is 0 Å². The fraction of sp³-hybridized carbons (Fsp3) is 0.333. The van der Waals surface area contributed by atoms with Crippen molar-refractivity contribution in [2.24, 2.45) is 0 Å². The van der Waals surface area contributed by atoms with Gasteiger partial charge in [-0.05, 0) is 19.2 Å². The van der Waals surface area contributed by atoms with E-state index in [1.165, 1.54) is 0 Å². The van der Waals surface area contributed by atoms with Crippen LogP contribution in [-0.4, -0.2) is 47.9 Å². The number of piperazine rings is 1. The molecule has 1 aliphatic rings. The highest BCUT2D eigenvalue weighted by molar-refractivity contribution is 5.67. The number of nitrogens with two attached hydrogens (primary N) is 1. The second kappa shape index (κ2) is 5.46. The van der Waals surface area contributed by atoms with Crippen molar-refractivity contribution in [2.75, 3.05) is 43.9 Å².